The van der Waals surface area contributed by atoms with Crippen LogP contribution in [0.4, 0.5) is 0 Å². The van der Waals surface area contributed by atoms with Crippen LogP contribution in [0.3, 0.4) is 0 Å². The van der Waals surface area contributed by atoms with Crippen LogP contribution in [0, 0.1) is 47.3 Å². The van der Waals surface area contributed by atoms with Crippen molar-refractivity contribution in [3.05, 3.63) is 70.8 Å². The smallest absolute Gasteiger partial charge is 0.262 e. The number of carbonyl (C=O) groups excluding carboxylic acids is 8. The van der Waals surface area contributed by atoms with Gasteiger partial charge in [-0.2, -0.15) is 0 Å². The predicted octanol–water partition coefficient (Wildman–Crippen LogP) is 30.3. The summed E-state index contributed by atoms with van der Waals surface area (Å²) >= 11 is 0. The van der Waals surface area contributed by atoms with Crippen LogP contribution >= 0.6 is 0 Å². The van der Waals surface area contributed by atoms with Gasteiger partial charge in [0.15, 0.2) is 6.29 Å². The van der Waals surface area contributed by atoms with E-state index in [-0.39, 0.29) is 69.1 Å². The minimum atomic E-state index is -0.714. The van der Waals surface area contributed by atoms with E-state index < -0.39 is 5.54 Å². The molecule has 5 aliphatic rings. The monoisotopic (exact) mass is 1660 g/mol. The van der Waals surface area contributed by atoms with Gasteiger partial charge in [0.1, 0.15) is 0 Å². The first-order valence-corrected chi connectivity index (χ1v) is 52.0. The van der Waals surface area contributed by atoms with E-state index in [4.69, 9.17) is 0 Å². The molecular weight excluding hydrogens is 1480 g/mol. The van der Waals surface area contributed by atoms with Crippen LogP contribution in [0.15, 0.2) is 48.6 Å². The van der Waals surface area contributed by atoms with Gasteiger partial charge in [0.25, 0.3) is 41.4 Å². The Kier molecular flexibility index (Phi) is 53.1. The molecule has 0 saturated heterocycles. The van der Waals surface area contributed by atoms with Gasteiger partial charge in [0, 0.05) is 55.5 Å². The SMILES string of the molecule is C/C=C\CCCC(C)(CCCCCCCCC1CCC(CCCCCC)C(CCCCCCCC)C1CCCCCCCCN1C(=O)C=CC1=O)N1C(=O)c2cc(C=O)c(C(=O)N(C)CCCCCCCCC3C(CCCCCCCCC(CC)(CCCCCC)N4C(=O)C=CC4=O)CCC(CCCCCC)C3CCCCCCCC)cc2C1=O. The van der Waals surface area contributed by atoms with E-state index in [1.165, 1.54) is 342 Å². The lowest BCUT2D eigenvalue weighted by Crippen LogP contribution is -2.51. The lowest BCUT2D eigenvalue weighted by molar-refractivity contribution is -0.145. The second-order valence-electron chi connectivity index (χ2n) is 39.4. The molecule has 2 fully saturated rings. The predicted molar refractivity (Wildman–Crippen MR) is 503 cm³/mol. The van der Waals surface area contributed by atoms with Crippen molar-refractivity contribution in [1.82, 2.24) is 19.6 Å². The van der Waals surface area contributed by atoms with Gasteiger partial charge in [-0.3, -0.25) is 53.1 Å². The lowest BCUT2D eigenvalue weighted by atomic mass is 9.61. The summed E-state index contributed by atoms with van der Waals surface area (Å²) in [6, 6.07) is 3.09. The van der Waals surface area contributed by atoms with Gasteiger partial charge >= 0.3 is 0 Å². The summed E-state index contributed by atoms with van der Waals surface area (Å²) in [5.74, 6) is 5.17. The third kappa shape index (κ3) is 35.4. The maximum absolute atomic E-state index is 14.9. The topological polar surface area (TPSA) is 150 Å². The van der Waals surface area contributed by atoms with Gasteiger partial charge in [-0.25, -0.2) is 0 Å². The number of nitrogens with zero attached hydrogens (tertiary/aromatic N) is 4. The van der Waals surface area contributed by atoms with E-state index in [0.717, 1.165) is 163 Å². The molecule has 682 valence electrons. The molecule has 2 aliphatic carbocycles. The Hall–Kier alpha value is -5.00. The summed E-state index contributed by atoms with van der Waals surface area (Å²) in [7, 11) is 1.81. The Morgan fingerprint density at radius 1 is 0.383 bits per heavy atom. The first-order chi connectivity index (χ1) is 58.5. The first-order valence-electron chi connectivity index (χ1n) is 52.0. The molecule has 6 rings (SSSR count). The molecule has 120 heavy (non-hydrogen) atoms. The molecule has 12 heteroatoms. The fourth-order valence-electron chi connectivity index (χ4n) is 23.1. The maximum atomic E-state index is 14.9. The van der Waals surface area contributed by atoms with Crippen molar-refractivity contribution >= 4 is 47.6 Å². The van der Waals surface area contributed by atoms with Crippen molar-refractivity contribution in [2.45, 2.75) is 497 Å². The number of aldehydes is 1. The summed E-state index contributed by atoms with van der Waals surface area (Å²) in [5.41, 5.74) is -0.230. The number of unbranched alkanes of at least 4 members (excludes halogenated alkanes) is 40. The van der Waals surface area contributed by atoms with Crippen molar-refractivity contribution in [2.75, 3.05) is 20.1 Å². The Morgan fingerprint density at radius 2 is 0.700 bits per heavy atom. The van der Waals surface area contributed by atoms with Crippen LogP contribution < -0.4 is 0 Å². The van der Waals surface area contributed by atoms with E-state index >= 15 is 0 Å². The zero-order valence-electron chi connectivity index (χ0n) is 79.2. The summed E-state index contributed by atoms with van der Waals surface area (Å²) in [5, 5.41) is 0. The van der Waals surface area contributed by atoms with Crippen molar-refractivity contribution in [2.24, 2.45) is 47.3 Å². The van der Waals surface area contributed by atoms with Crippen molar-refractivity contribution in [1.29, 1.82) is 0 Å². The average Bonchev–Trinajstić information content (AvgIpc) is 1.59. The van der Waals surface area contributed by atoms with E-state index in [0.29, 0.717) is 32.2 Å². The van der Waals surface area contributed by atoms with Gasteiger partial charge in [0.05, 0.1) is 22.2 Å². The van der Waals surface area contributed by atoms with Gasteiger partial charge < -0.3 is 4.90 Å². The zero-order chi connectivity index (χ0) is 86.4. The second kappa shape index (κ2) is 61.4. The number of rotatable bonds is 74. The van der Waals surface area contributed by atoms with Gasteiger partial charge in [-0.1, -0.05) is 375 Å². The average molecular weight is 1660 g/mol. The number of allylic oxidation sites excluding steroid dienone is 2. The molecule has 1 aromatic carbocycles. The summed E-state index contributed by atoms with van der Waals surface area (Å²) in [4.78, 5) is 113. The van der Waals surface area contributed by atoms with E-state index in [1.807, 2.05) is 14.0 Å². The standard InChI is InChI=1S/C108H182N4O8/c1-10-17-23-29-41-53-67-93-88(63-49-25-19-12-3)72-74-91(66-52-40-32-36-46-60-82-108(16-7,81-59-28-22-15-6)111-102(116)77-78-103(111)117)95(93)69-55-43-33-37-47-61-83-109(9)104(118)97-86-99-98(85-92(97)87-113)105(119)112(106(99)120)107(8,79-57-27-21-14-5)80-58-45-35-31-39-51-65-90-73-71-89(64-50-26-20-13-4)94(68-54-42-30-24-18-11-2)96(90)70-56-44-34-38-48-62-84-110-100(114)75-76-101(110)115/h14,21,75-78,85-91,93-96H,10-13,15-20,22-74,79-84H2,1-9H3/b21-14-. The van der Waals surface area contributed by atoms with Crippen LogP contribution in [0.5, 0.6) is 0 Å². The molecule has 7 amide bonds. The highest BCUT2D eigenvalue weighted by molar-refractivity contribution is 6.23. The number of benzene rings is 1. The largest absolute Gasteiger partial charge is 0.342 e. The molecule has 3 heterocycles. The van der Waals surface area contributed by atoms with E-state index in [1.54, 1.807) is 15.9 Å². The quantitative estimate of drug-likeness (QED) is 0.0271. The summed E-state index contributed by atoms with van der Waals surface area (Å²) in [6.45, 7) is 18.9. The molecule has 2 saturated carbocycles. The maximum Gasteiger partial charge on any atom is 0.262 e. The molecule has 0 aromatic heterocycles. The van der Waals surface area contributed by atoms with E-state index in [2.05, 4.69) is 60.6 Å². The third-order valence-corrected chi connectivity index (χ3v) is 30.4. The molecule has 10 unspecified atom stereocenters. The fourth-order valence-corrected chi connectivity index (χ4v) is 23.1. The zero-order valence-corrected chi connectivity index (χ0v) is 79.2. The van der Waals surface area contributed by atoms with Crippen LogP contribution in [0.2, 0.25) is 0 Å². The molecular formula is C108H182N4O8. The normalized spacial score (nSPS) is 21.1. The summed E-state index contributed by atoms with van der Waals surface area (Å²) < 4.78 is 0. The van der Waals surface area contributed by atoms with Crippen LogP contribution in [0.25, 0.3) is 0 Å². The molecule has 0 bridgehead atoms. The van der Waals surface area contributed by atoms with Gasteiger partial charge in [-0.05, 0) is 182 Å². The van der Waals surface area contributed by atoms with Crippen LogP contribution in [-0.2, 0) is 19.2 Å². The van der Waals surface area contributed by atoms with Gasteiger partial charge in [-0.15, -0.1) is 0 Å². The minimum absolute atomic E-state index is 0.119. The third-order valence-electron chi connectivity index (χ3n) is 30.4. The van der Waals surface area contributed by atoms with Crippen molar-refractivity contribution < 1.29 is 38.4 Å². The van der Waals surface area contributed by atoms with Crippen molar-refractivity contribution in [3.8, 4) is 0 Å². The summed E-state index contributed by atoms with van der Waals surface area (Å²) in [6.07, 6.45) is 92.7. The highest BCUT2D eigenvalue weighted by Gasteiger charge is 2.48. The number of fused-ring (bicyclic) bond motifs is 1. The molecule has 0 spiro atoms. The number of carbonyl (C=O) groups is 8. The molecule has 0 radical (unpaired) electrons. The lowest BCUT2D eigenvalue weighted by Gasteiger charge is -2.44. The number of hydrogen-bond donors (Lipinski definition) is 0. The first kappa shape index (κ1) is 104. The van der Waals surface area contributed by atoms with Crippen LogP contribution in [-0.4, -0.2) is 98.5 Å². The molecule has 10 atom stereocenters. The highest BCUT2D eigenvalue weighted by atomic mass is 16.2. The second-order valence-corrected chi connectivity index (χ2v) is 39.4. The van der Waals surface area contributed by atoms with Crippen molar-refractivity contribution in [3.63, 3.8) is 0 Å². The Labute approximate surface area is 736 Å². The Bertz CT molecular complexity index is 3110. The number of imide groups is 3. The molecule has 0 N–H and O–H groups in total. The number of amides is 7. The van der Waals surface area contributed by atoms with Gasteiger partial charge in [0.2, 0.25) is 0 Å². The molecule has 12 nitrogen and oxygen atoms in total. The van der Waals surface area contributed by atoms with Crippen LogP contribution in [0.1, 0.15) is 527 Å². The number of hydrogen-bond acceptors (Lipinski definition) is 8. The highest BCUT2D eigenvalue weighted by Crippen LogP contribution is 2.50. The Morgan fingerprint density at radius 3 is 1.08 bits per heavy atom. The fraction of sp³-hybridized carbons (Fsp3) is 0.815. The van der Waals surface area contributed by atoms with E-state index in [9.17, 15) is 38.4 Å². The molecule has 1 aromatic rings. The Balaban J connectivity index is 0.987. The molecule has 3 aliphatic heterocycles. The minimum Gasteiger partial charge on any atom is -0.342 e.